The van der Waals surface area contributed by atoms with Crippen molar-refractivity contribution in [2.24, 2.45) is 5.92 Å². The Bertz CT molecular complexity index is 1050. The number of carbonyl (C=O) groups excluding carboxylic acids is 1. The van der Waals surface area contributed by atoms with Gasteiger partial charge in [0, 0.05) is 21.7 Å². The van der Waals surface area contributed by atoms with Crippen LogP contribution < -0.4 is 4.90 Å². The summed E-state index contributed by atoms with van der Waals surface area (Å²) in [7, 11) is 0. The first kappa shape index (κ1) is 20.8. The number of benzene rings is 3. The molecule has 1 heterocycles. The van der Waals surface area contributed by atoms with E-state index in [9.17, 15) is 13.6 Å². The molecule has 0 spiro atoms. The minimum atomic E-state index is -0.899. The molecule has 0 bridgehead atoms. The zero-order chi connectivity index (χ0) is 21.3. The Hall–Kier alpha value is -2.43. The van der Waals surface area contributed by atoms with Crippen molar-refractivity contribution in [3.05, 3.63) is 99.5 Å². The average molecular weight is 446 g/mol. The van der Waals surface area contributed by atoms with Crippen LogP contribution in [0.1, 0.15) is 30.0 Å². The molecule has 6 heteroatoms. The molecule has 1 aliphatic rings. The minimum Gasteiger partial charge on any atom is -0.305 e. The maximum absolute atomic E-state index is 13.6. The summed E-state index contributed by atoms with van der Waals surface area (Å²) in [5.41, 5.74) is 2.35. The van der Waals surface area contributed by atoms with Gasteiger partial charge in [0.2, 0.25) is 5.91 Å². The van der Waals surface area contributed by atoms with Gasteiger partial charge in [-0.2, -0.15) is 0 Å². The Morgan fingerprint density at radius 3 is 2.10 bits per heavy atom. The standard InChI is InChI=1S/C24H19Cl2F2NO/c25-18-5-2-16(3-6-18)23-12-4-17(13-15-1-11-21(27)22(28)14-15)24(30)29(23)20-9-7-19(26)8-10-20/h1-3,5-11,14,17,23H,4,12-13H2/t17-,23-/m1/s1. The Labute approximate surface area is 184 Å². The topological polar surface area (TPSA) is 20.3 Å². The highest BCUT2D eigenvalue weighted by molar-refractivity contribution is 6.30. The molecule has 4 rings (SSSR count). The van der Waals surface area contributed by atoms with Crippen molar-refractivity contribution in [3.63, 3.8) is 0 Å². The fourth-order valence-corrected chi connectivity index (χ4v) is 4.26. The molecular formula is C24H19Cl2F2NO. The van der Waals surface area contributed by atoms with Crippen LogP contribution in [0.3, 0.4) is 0 Å². The van der Waals surface area contributed by atoms with Crippen LogP contribution in [-0.2, 0) is 11.2 Å². The number of carbonyl (C=O) groups is 1. The molecule has 1 saturated heterocycles. The lowest BCUT2D eigenvalue weighted by Gasteiger charge is -2.40. The van der Waals surface area contributed by atoms with Gasteiger partial charge in [0.05, 0.1) is 6.04 Å². The van der Waals surface area contributed by atoms with E-state index in [2.05, 4.69) is 0 Å². The van der Waals surface area contributed by atoms with E-state index in [4.69, 9.17) is 23.2 Å². The molecule has 1 fully saturated rings. The summed E-state index contributed by atoms with van der Waals surface area (Å²) in [5.74, 6) is -2.16. The van der Waals surface area contributed by atoms with Gasteiger partial charge < -0.3 is 4.90 Å². The molecule has 2 nitrogen and oxygen atoms in total. The molecule has 1 aliphatic heterocycles. The van der Waals surface area contributed by atoms with Crippen molar-refractivity contribution in [2.75, 3.05) is 4.90 Å². The van der Waals surface area contributed by atoms with Crippen LogP contribution in [0.15, 0.2) is 66.7 Å². The monoisotopic (exact) mass is 445 g/mol. The van der Waals surface area contributed by atoms with Gasteiger partial charge in [-0.25, -0.2) is 8.78 Å². The van der Waals surface area contributed by atoms with Crippen LogP contribution in [0.4, 0.5) is 14.5 Å². The van der Waals surface area contributed by atoms with Crippen molar-refractivity contribution in [1.82, 2.24) is 0 Å². The molecule has 3 aromatic carbocycles. The molecule has 3 aromatic rings. The summed E-state index contributed by atoms with van der Waals surface area (Å²) in [6.07, 6.45) is 1.74. The number of halogens is 4. The summed E-state index contributed by atoms with van der Waals surface area (Å²) >= 11 is 12.1. The Morgan fingerprint density at radius 1 is 0.833 bits per heavy atom. The summed E-state index contributed by atoms with van der Waals surface area (Å²) in [5, 5.41) is 1.22. The second kappa shape index (κ2) is 8.75. The molecule has 2 atom stereocenters. The minimum absolute atomic E-state index is 0.0479. The Kier molecular flexibility index (Phi) is 6.07. The largest absolute Gasteiger partial charge is 0.305 e. The first-order chi connectivity index (χ1) is 14.4. The molecule has 0 unspecified atom stereocenters. The number of rotatable bonds is 4. The maximum Gasteiger partial charge on any atom is 0.231 e. The first-order valence-corrected chi connectivity index (χ1v) is 10.5. The number of piperidine rings is 1. The molecule has 154 valence electrons. The van der Waals surface area contributed by atoms with E-state index in [1.54, 1.807) is 17.0 Å². The molecule has 0 aromatic heterocycles. The summed E-state index contributed by atoms with van der Waals surface area (Å²) < 4.78 is 26.9. The molecule has 0 radical (unpaired) electrons. The zero-order valence-corrected chi connectivity index (χ0v) is 17.5. The predicted molar refractivity (Wildman–Crippen MR) is 116 cm³/mol. The number of anilines is 1. The molecule has 30 heavy (non-hydrogen) atoms. The van der Waals surface area contributed by atoms with Crippen LogP contribution in [-0.4, -0.2) is 5.91 Å². The van der Waals surface area contributed by atoms with Gasteiger partial charge in [-0.3, -0.25) is 4.79 Å². The smallest absolute Gasteiger partial charge is 0.231 e. The highest BCUT2D eigenvalue weighted by Gasteiger charge is 2.37. The summed E-state index contributed by atoms with van der Waals surface area (Å²) in [4.78, 5) is 15.3. The van der Waals surface area contributed by atoms with Crippen molar-refractivity contribution in [1.29, 1.82) is 0 Å². The molecule has 0 N–H and O–H groups in total. The first-order valence-electron chi connectivity index (χ1n) is 9.70. The fraction of sp³-hybridized carbons (Fsp3) is 0.208. The lowest BCUT2D eigenvalue weighted by molar-refractivity contribution is -0.124. The van der Waals surface area contributed by atoms with E-state index in [1.165, 1.54) is 12.1 Å². The van der Waals surface area contributed by atoms with Gasteiger partial charge in [-0.05, 0) is 78.9 Å². The van der Waals surface area contributed by atoms with Crippen molar-refractivity contribution >= 4 is 34.8 Å². The number of hydrogen-bond acceptors (Lipinski definition) is 1. The van der Waals surface area contributed by atoms with Crippen molar-refractivity contribution in [3.8, 4) is 0 Å². The average Bonchev–Trinajstić information content (AvgIpc) is 2.73. The van der Waals surface area contributed by atoms with Crippen LogP contribution in [0, 0.1) is 17.6 Å². The number of amides is 1. The molecule has 0 aliphatic carbocycles. The fourth-order valence-electron chi connectivity index (χ4n) is 4.01. The quantitative estimate of drug-likeness (QED) is 0.423. The van der Waals surface area contributed by atoms with Gasteiger partial charge in [0.25, 0.3) is 0 Å². The van der Waals surface area contributed by atoms with Crippen molar-refractivity contribution in [2.45, 2.75) is 25.3 Å². The van der Waals surface area contributed by atoms with Crippen LogP contribution in [0.25, 0.3) is 0 Å². The maximum atomic E-state index is 13.6. The second-order valence-electron chi connectivity index (χ2n) is 7.48. The summed E-state index contributed by atoms with van der Waals surface area (Å²) in [6.45, 7) is 0. The van der Waals surface area contributed by atoms with E-state index < -0.39 is 11.6 Å². The highest BCUT2D eigenvalue weighted by Crippen LogP contribution is 2.39. The number of nitrogens with zero attached hydrogens (tertiary/aromatic N) is 1. The van der Waals surface area contributed by atoms with Crippen LogP contribution in [0.5, 0.6) is 0 Å². The highest BCUT2D eigenvalue weighted by atomic mass is 35.5. The lowest BCUT2D eigenvalue weighted by atomic mass is 9.84. The zero-order valence-electron chi connectivity index (χ0n) is 16.0. The third-order valence-electron chi connectivity index (χ3n) is 5.51. The van der Waals surface area contributed by atoms with E-state index in [-0.39, 0.29) is 17.9 Å². The molecule has 0 saturated carbocycles. The van der Waals surface area contributed by atoms with Gasteiger partial charge in [-0.15, -0.1) is 0 Å². The van der Waals surface area contributed by atoms with Gasteiger partial charge >= 0.3 is 0 Å². The van der Waals surface area contributed by atoms with E-state index in [1.807, 2.05) is 36.4 Å². The van der Waals surface area contributed by atoms with Gasteiger partial charge in [0.15, 0.2) is 11.6 Å². The molecule has 1 amide bonds. The predicted octanol–water partition coefficient (Wildman–Crippen LogP) is 7.00. The van der Waals surface area contributed by atoms with Gasteiger partial charge in [-0.1, -0.05) is 41.4 Å². The second-order valence-corrected chi connectivity index (χ2v) is 8.35. The Balaban J connectivity index is 1.66. The van der Waals surface area contributed by atoms with E-state index in [0.717, 1.165) is 23.7 Å². The number of hydrogen-bond donors (Lipinski definition) is 0. The van der Waals surface area contributed by atoms with Crippen LogP contribution >= 0.6 is 23.2 Å². The van der Waals surface area contributed by atoms with Gasteiger partial charge in [0.1, 0.15) is 0 Å². The third kappa shape index (κ3) is 4.35. The van der Waals surface area contributed by atoms with E-state index >= 15 is 0 Å². The van der Waals surface area contributed by atoms with E-state index in [0.29, 0.717) is 28.5 Å². The SMILES string of the molecule is O=C1[C@@H](Cc2ccc(F)c(F)c2)CC[C@H](c2ccc(Cl)cc2)N1c1ccc(Cl)cc1. The Morgan fingerprint density at radius 2 is 1.47 bits per heavy atom. The third-order valence-corrected chi connectivity index (χ3v) is 6.02. The molecular weight excluding hydrogens is 427 g/mol. The summed E-state index contributed by atoms with van der Waals surface area (Å²) in [6, 6.07) is 18.3. The normalized spacial score (nSPS) is 19.2. The lowest BCUT2D eigenvalue weighted by Crippen LogP contribution is -2.44. The van der Waals surface area contributed by atoms with Crippen molar-refractivity contribution < 1.29 is 13.6 Å². The van der Waals surface area contributed by atoms with Crippen LogP contribution in [0.2, 0.25) is 10.0 Å².